The summed E-state index contributed by atoms with van der Waals surface area (Å²) in [6.45, 7) is 1.54. The standard InChI is InChI=1S/C28H22Cl2N2O4/c1-15(24(33)31-16-11-13-17(36-2)14-12-16)32-25(34)22-23(26(32)35)28(30)19-8-4-3-7-18(19)27(22,29)20-9-5-6-10-21(20)28/h3-15,22-23H,1-2H3,(H,31,33)/t15-,22-,23+,27?,28?/m0/s1. The molecule has 182 valence electrons. The van der Waals surface area contributed by atoms with E-state index in [1.54, 1.807) is 31.4 Å². The monoisotopic (exact) mass is 520 g/mol. The summed E-state index contributed by atoms with van der Waals surface area (Å²) in [5.74, 6) is -2.71. The van der Waals surface area contributed by atoms with Crippen molar-refractivity contribution in [3.8, 4) is 5.75 Å². The molecule has 0 unspecified atom stereocenters. The number of rotatable bonds is 4. The fourth-order valence-electron chi connectivity index (χ4n) is 6.11. The molecule has 3 amide bonds. The lowest BCUT2D eigenvalue weighted by Crippen LogP contribution is -2.57. The number of hydrogen-bond acceptors (Lipinski definition) is 4. The smallest absolute Gasteiger partial charge is 0.247 e. The summed E-state index contributed by atoms with van der Waals surface area (Å²) in [5, 5.41) is 2.78. The molecule has 36 heavy (non-hydrogen) atoms. The molecule has 1 N–H and O–H groups in total. The maximum Gasteiger partial charge on any atom is 0.247 e. The molecule has 4 aliphatic rings. The summed E-state index contributed by atoms with van der Waals surface area (Å²) in [7, 11) is 1.55. The number of anilines is 1. The van der Waals surface area contributed by atoms with Crippen molar-refractivity contribution in [2.45, 2.75) is 22.7 Å². The first-order chi connectivity index (χ1) is 17.2. The van der Waals surface area contributed by atoms with E-state index < -0.39 is 45.3 Å². The minimum absolute atomic E-state index is 0.491. The lowest BCUT2D eigenvalue weighted by atomic mass is 9.54. The number of alkyl halides is 2. The van der Waals surface area contributed by atoms with Crippen molar-refractivity contribution in [3.05, 3.63) is 95.1 Å². The van der Waals surface area contributed by atoms with Gasteiger partial charge in [0.2, 0.25) is 17.7 Å². The molecule has 3 aliphatic carbocycles. The van der Waals surface area contributed by atoms with E-state index in [2.05, 4.69) is 5.32 Å². The molecule has 3 aromatic carbocycles. The average molecular weight is 521 g/mol. The fraction of sp³-hybridized carbons (Fsp3) is 0.250. The van der Waals surface area contributed by atoms with Gasteiger partial charge in [0, 0.05) is 5.69 Å². The van der Waals surface area contributed by atoms with Gasteiger partial charge in [-0.3, -0.25) is 19.3 Å². The van der Waals surface area contributed by atoms with E-state index in [1.165, 1.54) is 6.92 Å². The van der Waals surface area contributed by atoms with E-state index in [0.717, 1.165) is 27.2 Å². The summed E-state index contributed by atoms with van der Waals surface area (Å²) in [5.41, 5.74) is 3.41. The highest BCUT2D eigenvalue weighted by Crippen LogP contribution is 2.69. The van der Waals surface area contributed by atoms with Crippen LogP contribution < -0.4 is 10.1 Å². The van der Waals surface area contributed by atoms with Crippen LogP contribution in [0.1, 0.15) is 29.2 Å². The van der Waals surface area contributed by atoms with Crippen molar-refractivity contribution in [1.82, 2.24) is 4.90 Å². The second-order valence-corrected chi connectivity index (χ2v) is 10.6. The Bertz CT molecular complexity index is 1320. The van der Waals surface area contributed by atoms with Gasteiger partial charge in [-0.25, -0.2) is 0 Å². The molecule has 1 fully saturated rings. The van der Waals surface area contributed by atoms with Crippen LogP contribution in [-0.2, 0) is 24.1 Å². The molecular formula is C28H22Cl2N2O4. The van der Waals surface area contributed by atoms with Gasteiger partial charge in [-0.15, -0.1) is 23.2 Å². The molecule has 0 saturated carbocycles. The number of nitrogens with zero attached hydrogens (tertiary/aromatic N) is 1. The van der Waals surface area contributed by atoms with Gasteiger partial charge >= 0.3 is 0 Å². The zero-order valence-electron chi connectivity index (χ0n) is 19.5. The molecule has 0 spiro atoms. The summed E-state index contributed by atoms with van der Waals surface area (Å²) in [6, 6.07) is 20.6. The molecule has 3 aromatic rings. The number of ether oxygens (including phenoxy) is 1. The second kappa shape index (κ2) is 7.82. The molecular weight excluding hydrogens is 499 g/mol. The number of methoxy groups -OCH3 is 1. The Labute approximate surface area is 218 Å². The average Bonchev–Trinajstić information content (AvgIpc) is 3.18. The van der Waals surface area contributed by atoms with Crippen molar-refractivity contribution < 1.29 is 19.1 Å². The summed E-state index contributed by atoms with van der Waals surface area (Å²) >= 11 is 14.8. The van der Waals surface area contributed by atoms with Crippen LogP contribution in [0, 0.1) is 11.8 Å². The van der Waals surface area contributed by atoms with Crippen LogP contribution in [0.2, 0.25) is 0 Å². The Morgan fingerprint density at radius 3 is 1.64 bits per heavy atom. The van der Waals surface area contributed by atoms with Gasteiger partial charge in [-0.2, -0.15) is 0 Å². The number of nitrogens with one attached hydrogen (secondary N) is 1. The largest absolute Gasteiger partial charge is 0.497 e. The maximum absolute atomic E-state index is 14.0. The molecule has 1 heterocycles. The quantitative estimate of drug-likeness (QED) is 0.402. The van der Waals surface area contributed by atoms with Crippen molar-refractivity contribution >= 4 is 46.6 Å². The first-order valence-corrected chi connectivity index (χ1v) is 12.4. The summed E-state index contributed by atoms with van der Waals surface area (Å²) < 4.78 is 5.15. The summed E-state index contributed by atoms with van der Waals surface area (Å²) in [6.07, 6.45) is 0. The molecule has 0 aromatic heterocycles. The van der Waals surface area contributed by atoms with E-state index in [-0.39, 0.29) is 0 Å². The Balaban J connectivity index is 1.42. The van der Waals surface area contributed by atoms with Crippen LogP contribution >= 0.6 is 23.2 Å². The normalized spacial score (nSPS) is 28.3. The number of imide groups is 1. The maximum atomic E-state index is 14.0. The van der Waals surface area contributed by atoms with Crippen LogP contribution in [0.3, 0.4) is 0 Å². The second-order valence-electron chi connectivity index (χ2n) is 9.41. The third kappa shape index (κ3) is 2.77. The van der Waals surface area contributed by atoms with Gasteiger partial charge in [0.15, 0.2) is 0 Å². The molecule has 3 atom stereocenters. The lowest BCUT2D eigenvalue weighted by molar-refractivity contribution is -0.146. The first kappa shape index (κ1) is 23.1. The van der Waals surface area contributed by atoms with E-state index in [1.807, 2.05) is 48.5 Å². The van der Waals surface area contributed by atoms with Gasteiger partial charge in [0.05, 0.1) is 18.9 Å². The van der Waals surface area contributed by atoms with Crippen molar-refractivity contribution in [1.29, 1.82) is 0 Å². The molecule has 7 rings (SSSR count). The highest BCUT2D eigenvalue weighted by atomic mass is 35.5. The van der Waals surface area contributed by atoms with Gasteiger partial charge in [0.25, 0.3) is 0 Å². The molecule has 8 heteroatoms. The predicted octanol–water partition coefficient (Wildman–Crippen LogP) is 4.62. The predicted molar refractivity (Wildman–Crippen MR) is 136 cm³/mol. The summed E-state index contributed by atoms with van der Waals surface area (Å²) in [4.78, 5) is 39.6. The first-order valence-electron chi connectivity index (χ1n) is 11.6. The topological polar surface area (TPSA) is 75.7 Å². The van der Waals surface area contributed by atoms with Gasteiger partial charge < -0.3 is 10.1 Å². The van der Waals surface area contributed by atoms with Crippen LogP contribution in [0.25, 0.3) is 0 Å². The fourth-order valence-corrected chi connectivity index (χ4v) is 7.21. The highest BCUT2D eigenvalue weighted by Gasteiger charge is 2.73. The van der Waals surface area contributed by atoms with E-state index >= 15 is 0 Å². The number of benzene rings is 3. The van der Waals surface area contributed by atoms with Crippen LogP contribution in [0.15, 0.2) is 72.8 Å². The molecule has 6 nitrogen and oxygen atoms in total. The molecule has 1 saturated heterocycles. The minimum Gasteiger partial charge on any atom is -0.497 e. The zero-order chi connectivity index (χ0) is 25.4. The number of carbonyl (C=O) groups is 3. The SMILES string of the molecule is COc1ccc(NC(=O)[C@H](C)N2C(=O)[C@@H]3[C@H](C2=O)C2(Cl)c4ccccc4C3(Cl)c3ccccc32)cc1. The number of amides is 3. The molecule has 0 radical (unpaired) electrons. The van der Waals surface area contributed by atoms with Gasteiger partial charge in [-0.1, -0.05) is 48.5 Å². The highest BCUT2D eigenvalue weighted by molar-refractivity contribution is 6.36. The third-order valence-electron chi connectivity index (χ3n) is 7.74. The zero-order valence-corrected chi connectivity index (χ0v) is 21.0. The Morgan fingerprint density at radius 1 is 0.833 bits per heavy atom. The minimum atomic E-state index is -1.28. The number of halogens is 2. The van der Waals surface area contributed by atoms with E-state index in [4.69, 9.17) is 27.9 Å². The van der Waals surface area contributed by atoms with Gasteiger partial charge in [-0.05, 0) is 53.4 Å². The Hall–Kier alpha value is -3.35. The Morgan fingerprint density at radius 2 is 1.25 bits per heavy atom. The lowest BCUT2D eigenvalue weighted by Gasteiger charge is -2.54. The van der Waals surface area contributed by atoms with Crippen molar-refractivity contribution in [2.75, 3.05) is 12.4 Å². The van der Waals surface area contributed by atoms with Crippen molar-refractivity contribution in [2.24, 2.45) is 11.8 Å². The van der Waals surface area contributed by atoms with Crippen LogP contribution in [0.4, 0.5) is 5.69 Å². The molecule has 2 bridgehead atoms. The van der Waals surface area contributed by atoms with Crippen LogP contribution in [0.5, 0.6) is 5.75 Å². The number of likely N-dealkylation sites (tertiary alicyclic amines) is 1. The third-order valence-corrected chi connectivity index (χ3v) is 9.03. The van der Waals surface area contributed by atoms with E-state index in [9.17, 15) is 14.4 Å². The van der Waals surface area contributed by atoms with E-state index in [0.29, 0.717) is 11.4 Å². The molecule has 1 aliphatic heterocycles. The van der Waals surface area contributed by atoms with Crippen molar-refractivity contribution in [3.63, 3.8) is 0 Å². The number of carbonyl (C=O) groups excluding carboxylic acids is 3. The number of hydrogen-bond donors (Lipinski definition) is 1. The van der Waals surface area contributed by atoms with Gasteiger partial charge in [0.1, 0.15) is 21.5 Å². The Kier molecular flexibility index (Phi) is 5.01. The van der Waals surface area contributed by atoms with Crippen LogP contribution in [-0.4, -0.2) is 35.8 Å².